The number of benzene rings is 1. The zero-order valence-corrected chi connectivity index (χ0v) is 12.2. The first-order valence-corrected chi connectivity index (χ1v) is 6.95. The number of rotatable bonds is 5. The van der Waals surface area contributed by atoms with Gasteiger partial charge in [0.2, 0.25) is 0 Å². The van der Waals surface area contributed by atoms with E-state index in [9.17, 15) is 4.79 Å². The SMILES string of the molecule is CNC(=O)c1sc(NCc2ccccc2)c(OC)c1N. The van der Waals surface area contributed by atoms with E-state index in [0.717, 1.165) is 10.6 Å². The van der Waals surface area contributed by atoms with Crippen LogP contribution in [0.15, 0.2) is 30.3 Å². The normalized spacial score (nSPS) is 10.1. The molecule has 2 rings (SSSR count). The largest absolute Gasteiger partial charge is 0.492 e. The number of hydrogen-bond donors (Lipinski definition) is 3. The molecular weight excluding hydrogens is 274 g/mol. The van der Waals surface area contributed by atoms with Crippen LogP contribution < -0.4 is 21.1 Å². The molecule has 0 aliphatic carbocycles. The van der Waals surface area contributed by atoms with Crippen molar-refractivity contribution in [3.63, 3.8) is 0 Å². The van der Waals surface area contributed by atoms with Crippen molar-refractivity contribution in [2.24, 2.45) is 0 Å². The molecule has 6 heteroatoms. The van der Waals surface area contributed by atoms with E-state index in [2.05, 4.69) is 10.6 Å². The minimum absolute atomic E-state index is 0.210. The molecule has 1 aromatic carbocycles. The Kier molecular flexibility index (Phi) is 4.47. The second kappa shape index (κ2) is 6.29. The molecule has 1 heterocycles. The lowest BCUT2D eigenvalue weighted by atomic mass is 10.2. The van der Waals surface area contributed by atoms with Crippen molar-refractivity contribution in [2.45, 2.75) is 6.54 Å². The predicted octanol–water partition coefficient (Wildman–Crippen LogP) is 2.31. The summed E-state index contributed by atoms with van der Waals surface area (Å²) in [5.41, 5.74) is 7.45. The van der Waals surface area contributed by atoms with E-state index in [1.807, 2.05) is 30.3 Å². The minimum Gasteiger partial charge on any atom is -0.492 e. The lowest BCUT2D eigenvalue weighted by molar-refractivity contribution is 0.0967. The van der Waals surface area contributed by atoms with Gasteiger partial charge in [-0.25, -0.2) is 0 Å². The average molecular weight is 291 g/mol. The molecule has 0 radical (unpaired) electrons. The molecule has 1 amide bonds. The van der Waals surface area contributed by atoms with Gasteiger partial charge < -0.3 is 21.1 Å². The van der Waals surface area contributed by atoms with Crippen molar-refractivity contribution in [1.29, 1.82) is 0 Å². The topological polar surface area (TPSA) is 76.4 Å². The van der Waals surface area contributed by atoms with Crippen LogP contribution in [0.4, 0.5) is 10.7 Å². The van der Waals surface area contributed by atoms with E-state index in [1.54, 1.807) is 14.2 Å². The van der Waals surface area contributed by atoms with Crippen LogP contribution in [0, 0.1) is 0 Å². The Bertz CT molecular complexity index is 596. The van der Waals surface area contributed by atoms with Crippen LogP contribution in [0.5, 0.6) is 5.75 Å². The monoisotopic (exact) mass is 291 g/mol. The molecule has 0 saturated heterocycles. The number of amides is 1. The summed E-state index contributed by atoms with van der Waals surface area (Å²) in [6.07, 6.45) is 0. The summed E-state index contributed by atoms with van der Waals surface area (Å²) < 4.78 is 5.28. The third-order valence-corrected chi connectivity index (χ3v) is 3.98. The first kappa shape index (κ1) is 14.2. The van der Waals surface area contributed by atoms with E-state index in [4.69, 9.17) is 10.5 Å². The number of hydrogen-bond acceptors (Lipinski definition) is 5. The molecule has 0 aliphatic heterocycles. The van der Waals surface area contributed by atoms with Crippen molar-refractivity contribution in [1.82, 2.24) is 5.32 Å². The first-order valence-electron chi connectivity index (χ1n) is 6.13. The van der Waals surface area contributed by atoms with Crippen LogP contribution in [-0.4, -0.2) is 20.1 Å². The van der Waals surface area contributed by atoms with Gasteiger partial charge in [0.25, 0.3) is 5.91 Å². The number of carbonyl (C=O) groups excluding carboxylic acids is 1. The molecule has 0 spiro atoms. The highest BCUT2D eigenvalue weighted by atomic mass is 32.1. The van der Waals surface area contributed by atoms with Crippen molar-refractivity contribution in [2.75, 3.05) is 25.2 Å². The Morgan fingerprint density at radius 1 is 1.35 bits per heavy atom. The molecular formula is C14H17N3O2S. The van der Waals surface area contributed by atoms with Gasteiger partial charge in [-0.15, -0.1) is 11.3 Å². The predicted molar refractivity (Wildman–Crippen MR) is 82.4 cm³/mol. The van der Waals surface area contributed by atoms with E-state index >= 15 is 0 Å². The molecule has 2 aromatic rings. The van der Waals surface area contributed by atoms with Crippen LogP contribution in [-0.2, 0) is 6.54 Å². The number of carbonyl (C=O) groups is 1. The highest BCUT2D eigenvalue weighted by molar-refractivity contribution is 7.19. The highest BCUT2D eigenvalue weighted by Gasteiger charge is 2.20. The molecule has 0 fully saturated rings. The zero-order chi connectivity index (χ0) is 14.5. The Labute approximate surface area is 121 Å². The second-order valence-corrected chi connectivity index (χ2v) is 5.15. The molecule has 5 nitrogen and oxygen atoms in total. The fraction of sp³-hybridized carbons (Fsp3) is 0.214. The molecule has 0 unspecified atom stereocenters. The maximum atomic E-state index is 11.7. The quantitative estimate of drug-likeness (QED) is 0.790. The number of anilines is 2. The van der Waals surface area contributed by atoms with Crippen LogP contribution in [0.3, 0.4) is 0 Å². The van der Waals surface area contributed by atoms with Gasteiger partial charge in [-0.05, 0) is 5.56 Å². The van der Waals surface area contributed by atoms with Gasteiger partial charge in [-0.3, -0.25) is 4.79 Å². The Morgan fingerprint density at radius 2 is 2.05 bits per heavy atom. The summed E-state index contributed by atoms with van der Waals surface area (Å²) in [5, 5.41) is 6.58. The Balaban J connectivity index is 2.21. The second-order valence-electron chi connectivity index (χ2n) is 4.13. The third kappa shape index (κ3) is 2.85. The third-order valence-electron chi connectivity index (χ3n) is 2.83. The Hall–Kier alpha value is -2.21. The molecule has 0 aliphatic rings. The van der Waals surface area contributed by atoms with E-state index < -0.39 is 0 Å². The summed E-state index contributed by atoms with van der Waals surface area (Å²) in [7, 11) is 3.12. The lowest BCUT2D eigenvalue weighted by Crippen LogP contribution is -2.17. The molecule has 0 bridgehead atoms. The Morgan fingerprint density at radius 3 is 2.65 bits per heavy atom. The van der Waals surface area contributed by atoms with Crippen molar-refractivity contribution in [3.05, 3.63) is 40.8 Å². The van der Waals surface area contributed by atoms with Crippen molar-refractivity contribution in [3.8, 4) is 5.75 Å². The van der Waals surface area contributed by atoms with Gasteiger partial charge in [0.1, 0.15) is 15.6 Å². The van der Waals surface area contributed by atoms with Gasteiger partial charge in [0.05, 0.1) is 7.11 Å². The summed E-state index contributed by atoms with van der Waals surface area (Å²) in [6, 6.07) is 9.98. The number of thiophene rings is 1. The fourth-order valence-electron chi connectivity index (χ4n) is 1.81. The lowest BCUT2D eigenvalue weighted by Gasteiger charge is -2.06. The van der Waals surface area contributed by atoms with E-state index in [-0.39, 0.29) is 5.91 Å². The summed E-state index contributed by atoms with van der Waals surface area (Å²) in [6.45, 7) is 0.643. The molecule has 20 heavy (non-hydrogen) atoms. The standard InChI is InChI=1S/C14H17N3O2S/c1-16-13(18)12-10(15)11(19-2)14(20-12)17-8-9-6-4-3-5-7-9/h3-7,17H,8,15H2,1-2H3,(H,16,18). The van der Waals surface area contributed by atoms with Crippen LogP contribution >= 0.6 is 11.3 Å². The maximum absolute atomic E-state index is 11.7. The molecule has 0 saturated carbocycles. The molecule has 1 aromatic heterocycles. The molecule has 106 valence electrons. The number of nitrogen functional groups attached to an aromatic ring is 1. The smallest absolute Gasteiger partial charge is 0.263 e. The van der Waals surface area contributed by atoms with E-state index in [0.29, 0.717) is 22.9 Å². The number of nitrogens with one attached hydrogen (secondary N) is 2. The summed E-state index contributed by atoms with van der Waals surface area (Å²) >= 11 is 1.29. The molecule has 4 N–H and O–H groups in total. The van der Waals surface area contributed by atoms with Crippen LogP contribution in [0.25, 0.3) is 0 Å². The van der Waals surface area contributed by atoms with Crippen LogP contribution in [0.2, 0.25) is 0 Å². The van der Waals surface area contributed by atoms with Gasteiger partial charge >= 0.3 is 0 Å². The first-order chi connectivity index (χ1) is 9.67. The van der Waals surface area contributed by atoms with Gasteiger partial charge in [0.15, 0.2) is 5.75 Å². The number of nitrogens with two attached hydrogens (primary N) is 1. The van der Waals surface area contributed by atoms with Gasteiger partial charge in [0, 0.05) is 13.6 Å². The maximum Gasteiger partial charge on any atom is 0.263 e. The van der Waals surface area contributed by atoms with Gasteiger partial charge in [-0.1, -0.05) is 30.3 Å². The summed E-state index contributed by atoms with van der Waals surface area (Å²) in [5.74, 6) is 0.308. The summed E-state index contributed by atoms with van der Waals surface area (Å²) in [4.78, 5) is 12.2. The van der Waals surface area contributed by atoms with E-state index in [1.165, 1.54) is 11.3 Å². The van der Waals surface area contributed by atoms with Gasteiger partial charge in [-0.2, -0.15) is 0 Å². The van der Waals surface area contributed by atoms with Crippen molar-refractivity contribution < 1.29 is 9.53 Å². The zero-order valence-electron chi connectivity index (χ0n) is 11.4. The fourth-order valence-corrected chi connectivity index (χ4v) is 2.84. The number of ether oxygens (including phenoxy) is 1. The van der Waals surface area contributed by atoms with Crippen molar-refractivity contribution >= 4 is 27.9 Å². The highest BCUT2D eigenvalue weighted by Crippen LogP contribution is 2.42. The minimum atomic E-state index is -0.210. The number of methoxy groups -OCH3 is 1. The van der Waals surface area contributed by atoms with Crippen LogP contribution in [0.1, 0.15) is 15.2 Å². The molecule has 0 atom stereocenters. The average Bonchev–Trinajstić information content (AvgIpc) is 2.81.